The van der Waals surface area contributed by atoms with Gasteiger partial charge in [-0.05, 0) is 18.4 Å². The topological polar surface area (TPSA) is 72.0 Å². The van der Waals surface area contributed by atoms with Crippen molar-refractivity contribution >= 4 is 0 Å². The Morgan fingerprint density at radius 2 is 2.21 bits per heavy atom. The minimum absolute atomic E-state index is 0.120. The van der Waals surface area contributed by atoms with Crippen LogP contribution in [0, 0.1) is 5.92 Å². The maximum Gasteiger partial charge on any atom is 0.147 e. The van der Waals surface area contributed by atoms with Crippen LogP contribution in [-0.2, 0) is 6.42 Å². The fraction of sp³-hybridized carbons (Fsp3) is 0.600. The third kappa shape index (κ3) is 3.05. The number of nitrogens with two attached hydrogens (primary N) is 1. The standard InChI is InChI=1S/C10H17N3O/c1-7(2)5-8-3-4-12-10(13-8)9(11)6-14/h3-4,7,9,14H,5-6,11H2,1-2H3. The lowest BCUT2D eigenvalue weighted by molar-refractivity contribution is 0.263. The number of rotatable bonds is 4. The first-order chi connectivity index (χ1) is 6.63. The molecule has 4 heteroatoms. The summed E-state index contributed by atoms with van der Waals surface area (Å²) in [7, 11) is 0. The molecule has 0 spiro atoms. The number of aliphatic hydroxyl groups is 1. The van der Waals surface area contributed by atoms with Crippen molar-refractivity contribution in [1.29, 1.82) is 0 Å². The van der Waals surface area contributed by atoms with Gasteiger partial charge in [-0.3, -0.25) is 0 Å². The number of aliphatic hydroxyl groups excluding tert-OH is 1. The molecule has 1 atom stereocenters. The van der Waals surface area contributed by atoms with Crippen LogP contribution in [0.5, 0.6) is 0 Å². The van der Waals surface area contributed by atoms with E-state index in [4.69, 9.17) is 10.8 Å². The van der Waals surface area contributed by atoms with Crippen LogP contribution in [0.15, 0.2) is 12.3 Å². The van der Waals surface area contributed by atoms with E-state index in [0.717, 1.165) is 12.1 Å². The lowest BCUT2D eigenvalue weighted by atomic mass is 10.1. The van der Waals surface area contributed by atoms with Crippen molar-refractivity contribution in [3.63, 3.8) is 0 Å². The predicted molar refractivity (Wildman–Crippen MR) is 54.6 cm³/mol. The molecule has 0 aromatic carbocycles. The number of hydrogen-bond acceptors (Lipinski definition) is 4. The van der Waals surface area contributed by atoms with Crippen LogP contribution in [0.2, 0.25) is 0 Å². The molecule has 0 aliphatic rings. The highest BCUT2D eigenvalue weighted by Gasteiger charge is 2.08. The fourth-order valence-corrected chi connectivity index (χ4v) is 1.21. The summed E-state index contributed by atoms with van der Waals surface area (Å²) in [4.78, 5) is 8.31. The largest absolute Gasteiger partial charge is 0.394 e. The Hall–Kier alpha value is -1.00. The Kier molecular flexibility index (Phi) is 3.98. The Labute approximate surface area is 84.2 Å². The van der Waals surface area contributed by atoms with E-state index in [1.165, 1.54) is 0 Å². The van der Waals surface area contributed by atoms with E-state index in [1.54, 1.807) is 6.20 Å². The maximum atomic E-state index is 8.86. The monoisotopic (exact) mass is 195 g/mol. The van der Waals surface area contributed by atoms with Crippen LogP contribution in [0.1, 0.15) is 31.4 Å². The van der Waals surface area contributed by atoms with Crippen molar-refractivity contribution in [3.05, 3.63) is 23.8 Å². The van der Waals surface area contributed by atoms with Gasteiger partial charge in [0.05, 0.1) is 12.6 Å². The Balaban J connectivity index is 2.78. The minimum Gasteiger partial charge on any atom is -0.394 e. The van der Waals surface area contributed by atoms with Gasteiger partial charge in [-0.15, -0.1) is 0 Å². The van der Waals surface area contributed by atoms with Crippen LogP contribution in [0.25, 0.3) is 0 Å². The molecule has 1 aromatic rings. The van der Waals surface area contributed by atoms with E-state index in [-0.39, 0.29) is 6.61 Å². The Morgan fingerprint density at radius 1 is 1.50 bits per heavy atom. The van der Waals surface area contributed by atoms with Gasteiger partial charge in [-0.1, -0.05) is 13.8 Å². The van der Waals surface area contributed by atoms with Crippen molar-refractivity contribution < 1.29 is 5.11 Å². The first-order valence-electron chi connectivity index (χ1n) is 4.81. The lowest BCUT2D eigenvalue weighted by Crippen LogP contribution is -2.18. The molecule has 3 N–H and O–H groups in total. The smallest absolute Gasteiger partial charge is 0.147 e. The van der Waals surface area contributed by atoms with E-state index in [1.807, 2.05) is 6.07 Å². The van der Waals surface area contributed by atoms with Gasteiger partial charge in [0.2, 0.25) is 0 Å². The van der Waals surface area contributed by atoms with Crippen LogP contribution < -0.4 is 5.73 Å². The van der Waals surface area contributed by atoms with Crippen molar-refractivity contribution in [1.82, 2.24) is 9.97 Å². The molecule has 1 heterocycles. The summed E-state index contributed by atoms with van der Waals surface area (Å²) in [5, 5.41) is 8.86. The van der Waals surface area contributed by atoms with Gasteiger partial charge >= 0.3 is 0 Å². The molecule has 0 aliphatic heterocycles. The van der Waals surface area contributed by atoms with Crippen molar-refractivity contribution in [3.8, 4) is 0 Å². The Morgan fingerprint density at radius 3 is 2.79 bits per heavy atom. The molecule has 4 nitrogen and oxygen atoms in total. The molecule has 1 aromatic heterocycles. The summed E-state index contributed by atoms with van der Waals surface area (Å²) in [6.07, 6.45) is 2.60. The number of hydrogen-bond donors (Lipinski definition) is 2. The molecule has 0 aliphatic carbocycles. The van der Waals surface area contributed by atoms with Crippen molar-refractivity contribution in [2.24, 2.45) is 11.7 Å². The molecule has 0 radical (unpaired) electrons. The zero-order valence-electron chi connectivity index (χ0n) is 8.64. The summed E-state index contributed by atoms with van der Waals surface area (Å²) < 4.78 is 0. The summed E-state index contributed by atoms with van der Waals surface area (Å²) in [6.45, 7) is 4.15. The van der Waals surface area contributed by atoms with Gasteiger partial charge in [0, 0.05) is 11.9 Å². The lowest BCUT2D eigenvalue weighted by Gasteiger charge is -2.09. The summed E-state index contributed by atoms with van der Waals surface area (Å²) in [5.74, 6) is 1.08. The third-order valence-electron chi connectivity index (χ3n) is 1.88. The second-order valence-electron chi connectivity index (χ2n) is 3.79. The van der Waals surface area contributed by atoms with E-state index in [2.05, 4.69) is 23.8 Å². The molecule has 0 fully saturated rings. The molecule has 14 heavy (non-hydrogen) atoms. The van der Waals surface area contributed by atoms with E-state index in [9.17, 15) is 0 Å². The highest BCUT2D eigenvalue weighted by molar-refractivity contribution is 5.05. The molecule has 1 unspecified atom stereocenters. The van der Waals surface area contributed by atoms with Gasteiger partial charge in [0.25, 0.3) is 0 Å². The summed E-state index contributed by atoms with van der Waals surface area (Å²) in [5.41, 5.74) is 6.60. The second kappa shape index (κ2) is 5.02. The van der Waals surface area contributed by atoms with Gasteiger partial charge in [-0.2, -0.15) is 0 Å². The van der Waals surface area contributed by atoms with E-state index < -0.39 is 6.04 Å². The van der Waals surface area contributed by atoms with E-state index >= 15 is 0 Å². The number of nitrogens with zero attached hydrogens (tertiary/aromatic N) is 2. The maximum absolute atomic E-state index is 8.86. The normalized spacial score (nSPS) is 13.2. The van der Waals surface area contributed by atoms with Crippen LogP contribution in [-0.4, -0.2) is 21.7 Å². The van der Waals surface area contributed by atoms with E-state index in [0.29, 0.717) is 11.7 Å². The molecular formula is C10H17N3O. The highest BCUT2D eigenvalue weighted by Crippen LogP contribution is 2.07. The molecule has 78 valence electrons. The van der Waals surface area contributed by atoms with Gasteiger partial charge in [0.1, 0.15) is 5.82 Å². The van der Waals surface area contributed by atoms with Crippen LogP contribution >= 0.6 is 0 Å². The van der Waals surface area contributed by atoms with Crippen LogP contribution in [0.4, 0.5) is 0 Å². The summed E-state index contributed by atoms with van der Waals surface area (Å²) >= 11 is 0. The zero-order chi connectivity index (χ0) is 10.6. The first-order valence-corrected chi connectivity index (χ1v) is 4.81. The fourth-order valence-electron chi connectivity index (χ4n) is 1.21. The average Bonchev–Trinajstić information content (AvgIpc) is 2.16. The Bertz CT molecular complexity index is 288. The molecular weight excluding hydrogens is 178 g/mol. The van der Waals surface area contributed by atoms with Crippen LogP contribution in [0.3, 0.4) is 0 Å². The first kappa shape index (κ1) is 11.1. The number of aromatic nitrogens is 2. The quantitative estimate of drug-likeness (QED) is 0.740. The van der Waals surface area contributed by atoms with Crippen molar-refractivity contribution in [2.45, 2.75) is 26.3 Å². The summed E-state index contributed by atoms with van der Waals surface area (Å²) in [6, 6.07) is 1.41. The highest BCUT2D eigenvalue weighted by atomic mass is 16.3. The predicted octanol–water partition coefficient (Wildman–Crippen LogP) is 0.667. The molecule has 0 saturated heterocycles. The zero-order valence-corrected chi connectivity index (χ0v) is 8.64. The third-order valence-corrected chi connectivity index (χ3v) is 1.88. The second-order valence-corrected chi connectivity index (χ2v) is 3.79. The molecule has 1 rings (SSSR count). The average molecular weight is 195 g/mol. The van der Waals surface area contributed by atoms with Gasteiger partial charge in [-0.25, -0.2) is 9.97 Å². The molecule has 0 amide bonds. The molecule has 0 saturated carbocycles. The molecule has 0 bridgehead atoms. The van der Waals surface area contributed by atoms with Gasteiger partial charge < -0.3 is 10.8 Å². The van der Waals surface area contributed by atoms with Crippen molar-refractivity contribution in [2.75, 3.05) is 6.61 Å². The minimum atomic E-state index is -0.470. The van der Waals surface area contributed by atoms with Gasteiger partial charge in [0.15, 0.2) is 0 Å². The SMILES string of the molecule is CC(C)Cc1ccnc(C(N)CO)n1.